The topological polar surface area (TPSA) is 78.8 Å². The standard InChI is InChI=1S/C11H6Cl2N2O3/c12-6-3-1-2-5(8(6)13)4-7-10(16)9(15-18)11(17)14-7/h1-4,18H,(H,14,17). The molecule has 1 heterocycles. The first kappa shape index (κ1) is 12.6. The molecule has 1 saturated heterocycles. The Labute approximate surface area is 112 Å². The highest BCUT2D eigenvalue weighted by molar-refractivity contribution is 6.72. The first-order valence-corrected chi connectivity index (χ1v) is 5.54. The quantitative estimate of drug-likeness (QED) is 0.469. The van der Waals surface area contributed by atoms with Gasteiger partial charge in [0.1, 0.15) is 0 Å². The molecule has 92 valence electrons. The van der Waals surface area contributed by atoms with E-state index in [-0.39, 0.29) is 10.7 Å². The van der Waals surface area contributed by atoms with Gasteiger partial charge in [0.2, 0.25) is 11.5 Å². The van der Waals surface area contributed by atoms with Crippen molar-refractivity contribution in [1.29, 1.82) is 0 Å². The van der Waals surface area contributed by atoms with E-state index in [1.54, 1.807) is 18.2 Å². The first-order chi connectivity index (χ1) is 8.54. The highest BCUT2D eigenvalue weighted by atomic mass is 35.5. The number of hydrogen-bond acceptors (Lipinski definition) is 4. The van der Waals surface area contributed by atoms with E-state index in [0.717, 1.165) is 0 Å². The van der Waals surface area contributed by atoms with Gasteiger partial charge < -0.3 is 10.5 Å². The minimum Gasteiger partial charge on any atom is -0.410 e. The summed E-state index contributed by atoms with van der Waals surface area (Å²) in [7, 11) is 0. The largest absolute Gasteiger partial charge is 0.410 e. The fourth-order valence-electron chi connectivity index (χ4n) is 1.45. The molecule has 1 amide bonds. The number of allylic oxidation sites excluding steroid dienone is 1. The van der Waals surface area contributed by atoms with E-state index < -0.39 is 17.4 Å². The zero-order valence-electron chi connectivity index (χ0n) is 8.78. The highest BCUT2D eigenvalue weighted by Gasteiger charge is 2.33. The van der Waals surface area contributed by atoms with Crippen molar-refractivity contribution in [2.75, 3.05) is 0 Å². The first-order valence-electron chi connectivity index (χ1n) is 4.78. The maximum atomic E-state index is 11.6. The van der Waals surface area contributed by atoms with Crippen molar-refractivity contribution in [1.82, 2.24) is 5.32 Å². The molecule has 7 heteroatoms. The van der Waals surface area contributed by atoms with E-state index in [2.05, 4.69) is 10.5 Å². The minimum atomic E-state index is -0.757. The molecule has 2 rings (SSSR count). The Balaban J connectivity index is 2.45. The minimum absolute atomic E-state index is 0.0167. The third kappa shape index (κ3) is 2.10. The fourth-order valence-corrected chi connectivity index (χ4v) is 1.81. The van der Waals surface area contributed by atoms with E-state index in [1.807, 2.05) is 0 Å². The summed E-state index contributed by atoms with van der Waals surface area (Å²) in [6.45, 7) is 0. The van der Waals surface area contributed by atoms with Crippen LogP contribution < -0.4 is 5.32 Å². The Morgan fingerprint density at radius 1 is 1.28 bits per heavy atom. The summed E-state index contributed by atoms with van der Waals surface area (Å²) in [5.41, 5.74) is -0.0941. The summed E-state index contributed by atoms with van der Waals surface area (Å²) >= 11 is 11.8. The van der Waals surface area contributed by atoms with E-state index >= 15 is 0 Å². The molecule has 0 spiro atoms. The lowest BCUT2D eigenvalue weighted by atomic mass is 10.1. The average Bonchev–Trinajstić information content (AvgIpc) is 2.60. The number of halogens is 2. The number of nitrogens with one attached hydrogen (secondary N) is 1. The van der Waals surface area contributed by atoms with Gasteiger partial charge in [-0.15, -0.1) is 0 Å². The Bertz CT molecular complexity index is 608. The lowest BCUT2D eigenvalue weighted by molar-refractivity contribution is -0.113. The van der Waals surface area contributed by atoms with Crippen molar-refractivity contribution in [2.24, 2.45) is 5.16 Å². The SMILES string of the molecule is O=C1NC(=Cc2cccc(Cl)c2Cl)C(=O)C1=NO. The molecule has 0 unspecified atom stereocenters. The zero-order valence-corrected chi connectivity index (χ0v) is 10.3. The van der Waals surface area contributed by atoms with Crippen LogP contribution in [0, 0.1) is 0 Å². The number of nitrogens with zero attached hydrogens (tertiary/aromatic N) is 1. The molecule has 0 aromatic heterocycles. The molecule has 1 fully saturated rings. The maximum Gasteiger partial charge on any atom is 0.281 e. The zero-order chi connectivity index (χ0) is 13.3. The van der Waals surface area contributed by atoms with Crippen LogP contribution >= 0.6 is 23.2 Å². The molecule has 1 aromatic rings. The van der Waals surface area contributed by atoms with Crippen LogP contribution in [0.2, 0.25) is 10.0 Å². The van der Waals surface area contributed by atoms with Gasteiger partial charge in [0.15, 0.2) is 0 Å². The van der Waals surface area contributed by atoms with Gasteiger partial charge in [0.25, 0.3) is 5.91 Å². The van der Waals surface area contributed by atoms with Gasteiger partial charge in [-0.2, -0.15) is 0 Å². The molecule has 1 aromatic carbocycles. The predicted molar refractivity (Wildman–Crippen MR) is 66.8 cm³/mol. The van der Waals surface area contributed by atoms with Crippen molar-refractivity contribution >= 4 is 46.7 Å². The van der Waals surface area contributed by atoms with Gasteiger partial charge in [0.05, 0.1) is 15.7 Å². The summed E-state index contributed by atoms with van der Waals surface area (Å²) in [5.74, 6) is -1.45. The van der Waals surface area contributed by atoms with E-state index in [9.17, 15) is 9.59 Å². The molecule has 0 radical (unpaired) electrons. The Kier molecular flexibility index (Phi) is 3.36. The molecule has 0 aliphatic carbocycles. The van der Waals surface area contributed by atoms with Crippen molar-refractivity contribution in [3.8, 4) is 0 Å². The normalized spacial score (nSPS) is 19.7. The van der Waals surface area contributed by atoms with E-state index in [0.29, 0.717) is 10.6 Å². The van der Waals surface area contributed by atoms with Crippen molar-refractivity contribution < 1.29 is 14.8 Å². The lowest BCUT2D eigenvalue weighted by Crippen LogP contribution is -2.19. The summed E-state index contributed by atoms with van der Waals surface area (Å²) in [6.07, 6.45) is 1.37. The molecule has 0 saturated carbocycles. The number of Topliss-reactive ketones (excluding diaryl/α,β-unsaturated/α-hetero) is 1. The number of carbonyl (C=O) groups is 2. The summed E-state index contributed by atoms with van der Waals surface area (Å²) in [5, 5.41) is 14.0. The van der Waals surface area contributed by atoms with Gasteiger partial charge in [0, 0.05) is 0 Å². The van der Waals surface area contributed by atoms with Crippen LogP contribution in [0.3, 0.4) is 0 Å². The van der Waals surface area contributed by atoms with Crippen LogP contribution in [-0.4, -0.2) is 22.6 Å². The van der Waals surface area contributed by atoms with Gasteiger partial charge in [-0.05, 0) is 17.7 Å². The van der Waals surface area contributed by atoms with Gasteiger partial charge in [-0.3, -0.25) is 9.59 Å². The molecule has 1 aliphatic rings. The number of hydrogen-bond donors (Lipinski definition) is 2. The number of amides is 1. The summed E-state index contributed by atoms with van der Waals surface area (Å²) in [6, 6.07) is 4.89. The van der Waals surface area contributed by atoms with Crippen LogP contribution in [-0.2, 0) is 9.59 Å². The van der Waals surface area contributed by atoms with E-state index in [1.165, 1.54) is 6.08 Å². The lowest BCUT2D eigenvalue weighted by Gasteiger charge is -2.01. The second kappa shape index (κ2) is 4.80. The molecule has 5 nitrogen and oxygen atoms in total. The highest BCUT2D eigenvalue weighted by Crippen LogP contribution is 2.27. The molecule has 0 atom stereocenters. The molecule has 2 N–H and O–H groups in total. The molecular formula is C11H6Cl2N2O3. The number of oxime groups is 1. The van der Waals surface area contributed by atoms with Gasteiger partial charge >= 0.3 is 0 Å². The number of rotatable bonds is 1. The van der Waals surface area contributed by atoms with Crippen LogP contribution in [0.15, 0.2) is 29.1 Å². The maximum absolute atomic E-state index is 11.6. The average molecular weight is 285 g/mol. The number of ketones is 1. The van der Waals surface area contributed by atoms with Crippen molar-refractivity contribution in [3.63, 3.8) is 0 Å². The van der Waals surface area contributed by atoms with Crippen LogP contribution in [0.4, 0.5) is 0 Å². The second-order valence-corrected chi connectivity index (χ2v) is 4.22. The fraction of sp³-hybridized carbons (Fsp3) is 0. The van der Waals surface area contributed by atoms with Gasteiger partial charge in [-0.1, -0.05) is 40.5 Å². The molecular weight excluding hydrogens is 279 g/mol. The molecule has 0 bridgehead atoms. The number of benzene rings is 1. The van der Waals surface area contributed by atoms with Crippen molar-refractivity contribution in [2.45, 2.75) is 0 Å². The molecule has 1 aliphatic heterocycles. The summed E-state index contributed by atoms with van der Waals surface area (Å²) in [4.78, 5) is 22.9. The Morgan fingerprint density at radius 2 is 2.00 bits per heavy atom. The smallest absolute Gasteiger partial charge is 0.281 e. The predicted octanol–water partition coefficient (Wildman–Crippen LogP) is 1.86. The Hall–Kier alpha value is -1.85. The Morgan fingerprint density at radius 3 is 2.61 bits per heavy atom. The summed E-state index contributed by atoms with van der Waals surface area (Å²) < 4.78 is 0. The van der Waals surface area contributed by atoms with Crippen molar-refractivity contribution in [3.05, 3.63) is 39.5 Å². The third-order valence-corrected chi connectivity index (χ3v) is 3.14. The van der Waals surface area contributed by atoms with Crippen LogP contribution in [0.5, 0.6) is 0 Å². The van der Waals surface area contributed by atoms with Crippen LogP contribution in [0.25, 0.3) is 6.08 Å². The number of carbonyl (C=O) groups excluding carboxylic acids is 2. The van der Waals surface area contributed by atoms with Gasteiger partial charge in [-0.25, -0.2) is 0 Å². The van der Waals surface area contributed by atoms with E-state index in [4.69, 9.17) is 28.4 Å². The monoisotopic (exact) mass is 284 g/mol. The third-order valence-electron chi connectivity index (χ3n) is 2.30. The molecule has 18 heavy (non-hydrogen) atoms. The second-order valence-electron chi connectivity index (χ2n) is 3.43. The van der Waals surface area contributed by atoms with Crippen LogP contribution in [0.1, 0.15) is 5.56 Å².